The maximum Gasteiger partial charge on any atom is 0.264 e. The van der Waals surface area contributed by atoms with Crippen LogP contribution in [0.25, 0.3) is 16.9 Å². The highest BCUT2D eigenvalue weighted by molar-refractivity contribution is 6.31. The molecule has 1 saturated carbocycles. The van der Waals surface area contributed by atoms with Crippen LogP contribution in [0.3, 0.4) is 0 Å². The summed E-state index contributed by atoms with van der Waals surface area (Å²) in [5, 5.41) is 32.5. The van der Waals surface area contributed by atoms with Crippen LogP contribution < -0.4 is 4.73 Å². The Labute approximate surface area is 223 Å². The molecular weight excluding hydrogens is 519 g/mol. The summed E-state index contributed by atoms with van der Waals surface area (Å²) in [6.07, 6.45) is -0.734. The number of Topliss-reactive ketones (excluding diaryl/α,β-unsaturated/α-hetero) is 1. The fourth-order valence-electron chi connectivity index (χ4n) is 5.19. The Balaban J connectivity index is 1.67. The van der Waals surface area contributed by atoms with Gasteiger partial charge >= 0.3 is 0 Å². The summed E-state index contributed by atoms with van der Waals surface area (Å²) in [5.74, 6) is -2.23. The van der Waals surface area contributed by atoms with Gasteiger partial charge in [0.05, 0.1) is 16.2 Å². The molecule has 0 amide bonds. The third-order valence-electron chi connectivity index (χ3n) is 7.03. The van der Waals surface area contributed by atoms with E-state index in [2.05, 4.69) is 6.58 Å². The number of aromatic nitrogens is 1. The largest absolute Gasteiger partial charge is 0.618 e. The Hall–Kier alpha value is -3.36. The number of hydrogen-bond donors (Lipinski definition) is 2. The summed E-state index contributed by atoms with van der Waals surface area (Å²) >= 11 is 5.82. The molecule has 0 spiro atoms. The molecule has 1 atom stereocenters. The molecule has 38 heavy (non-hydrogen) atoms. The Kier molecular flexibility index (Phi) is 7.85. The zero-order chi connectivity index (χ0) is 27.8. The van der Waals surface area contributed by atoms with E-state index in [1.807, 2.05) is 0 Å². The number of halogens is 4. The lowest BCUT2D eigenvalue weighted by Crippen LogP contribution is -2.43. The van der Waals surface area contributed by atoms with Crippen LogP contribution >= 0.6 is 11.6 Å². The molecule has 1 heterocycles. The van der Waals surface area contributed by atoms with E-state index in [1.54, 1.807) is 31.2 Å². The molecule has 1 unspecified atom stereocenters. The fourth-order valence-corrected chi connectivity index (χ4v) is 5.35. The van der Waals surface area contributed by atoms with Gasteiger partial charge in [-0.25, -0.2) is 13.2 Å². The molecule has 0 radical (unpaired) electrons. The van der Waals surface area contributed by atoms with Crippen molar-refractivity contribution in [3.8, 4) is 11.1 Å². The van der Waals surface area contributed by atoms with Crippen molar-refractivity contribution in [2.45, 2.75) is 50.6 Å². The summed E-state index contributed by atoms with van der Waals surface area (Å²) < 4.78 is 42.4. The summed E-state index contributed by atoms with van der Waals surface area (Å²) in [6, 6.07) is 11.4. The molecule has 1 aliphatic rings. The maximum atomic E-state index is 14.8. The third kappa shape index (κ3) is 5.87. The van der Waals surface area contributed by atoms with Crippen LogP contribution in [0.5, 0.6) is 0 Å². The van der Waals surface area contributed by atoms with Crippen molar-refractivity contribution < 1.29 is 32.9 Å². The van der Waals surface area contributed by atoms with E-state index >= 15 is 0 Å². The molecule has 2 N–H and O–H groups in total. The molecule has 0 aliphatic heterocycles. The molecular formula is C29H27ClF3NO4. The molecule has 0 saturated heterocycles. The molecule has 2 aromatic carbocycles. The van der Waals surface area contributed by atoms with Crippen molar-refractivity contribution in [1.82, 2.24) is 0 Å². The molecule has 200 valence electrons. The molecule has 1 aliphatic carbocycles. The van der Waals surface area contributed by atoms with Crippen molar-refractivity contribution in [2.75, 3.05) is 0 Å². The maximum absolute atomic E-state index is 14.8. The van der Waals surface area contributed by atoms with Crippen LogP contribution in [-0.2, 0) is 11.2 Å². The van der Waals surface area contributed by atoms with Gasteiger partial charge in [0, 0.05) is 29.2 Å². The van der Waals surface area contributed by atoms with Crippen molar-refractivity contribution in [2.24, 2.45) is 5.92 Å². The van der Waals surface area contributed by atoms with Gasteiger partial charge in [-0.05, 0) is 49.8 Å². The van der Waals surface area contributed by atoms with Crippen LogP contribution in [-0.4, -0.2) is 21.6 Å². The number of aliphatic hydroxyl groups is 2. The molecule has 9 heteroatoms. The fraction of sp³-hybridized carbons (Fsp3) is 0.310. The average molecular weight is 546 g/mol. The second kappa shape index (κ2) is 10.8. The van der Waals surface area contributed by atoms with Crippen LogP contribution in [0.1, 0.15) is 60.9 Å². The van der Waals surface area contributed by atoms with Gasteiger partial charge in [-0.15, -0.1) is 0 Å². The van der Waals surface area contributed by atoms with Gasteiger partial charge in [0.1, 0.15) is 17.5 Å². The highest BCUT2D eigenvalue weighted by atomic mass is 35.5. The molecule has 0 bridgehead atoms. The summed E-state index contributed by atoms with van der Waals surface area (Å²) in [5.41, 5.74) is -0.692. The van der Waals surface area contributed by atoms with Crippen molar-refractivity contribution in [3.05, 3.63) is 99.7 Å². The second-order valence-corrected chi connectivity index (χ2v) is 10.5. The predicted molar refractivity (Wildman–Crippen MR) is 138 cm³/mol. The van der Waals surface area contributed by atoms with Gasteiger partial charge in [-0.1, -0.05) is 48.5 Å². The lowest BCUT2D eigenvalue weighted by atomic mass is 9.67. The standard InChI is InChI=1S/C29H27ClF3NO4/c1-16(35)19-5-3-17(4-6-19)12-25(36)22(11-18-13-29(2,37)14-18)24-10-7-20(15-34(24)38)26-21(28(32)33)8-9-23(30)27(26)31/h3-10,15,18,22,28,35,37H,1,11-14H2,2H3. The van der Waals surface area contributed by atoms with Gasteiger partial charge < -0.3 is 15.4 Å². The quantitative estimate of drug-likeness (QED) is 0.178. The predicted octanol–water partition coefficient (Wildman–Crippen LogP) is 6.69. The molecule has 1 fully saturated rings. The minimum atomic E-state index is -2.99. The monoisotopic (exact) mass is 545 g/mol. The smallest absolute Gasteiger partial charge is 0.264 e. The molecule has 1 aromatic heterocycles. The Morgan fingerprint density at radius 1 is 1.18 bits per heavy atom. The van der Waals surface area contributed by atoms with Gasteiger partial charge in [0.2, 0.25) is 5.69 Å². The first-order valence-electron chi connectivity index (χ1n) is 12.1. The minimum absolute atomic E-state index is 0.00612. The second-order valence-electron chi connectivity index (χ2n) is 10.1. The van der Waals surface area contributed by atoms with E-state index in [4.69, 9.17) is 11.6 Å². The van der Waals surface area contributed by atoms with E-state index in [0.717, 1.165) is 18.3 Å². The first-order chi connectivity index (χ1) is 17.9. The highest BCUT2D eigenvalue weighted by Gasteiger charge is 2.42. The summed E-state index contributed by atoms with van der Waals surface area (Å²) in [4.78, 5) is 13.5. The van der Waals surface area contributed by atoms with Gasteiger partial charge in [0.15, 0.2) is 12.0 Å². The number of ketones is 1. The first kappa shape index (κ1) is 27.7. The minimum Gasteiger partial charge on any atom is -0.618 e. The lowest BCUT2D eigenvalue weighted by Gasteiger charge is -2.42. The highest BCUT2D eigenvalue weighted by Crippen LogP contribution is 2.43. The van der Waals surface area contributed by atoms with Crippen molar-refractivity contribution in [1.29, 1.82) is 0 Å². The SMILES string of the molecule is C=C(O)c1ccc(CC(=O)C(CC2CC(C)(O)C2)c2ccc(-c3c(C(F)F)ccc(Cl)c3F)c[n+]2[O-])cc1. The van der Waals surface area contributed by atoms with Crippen molar-refractivity contribution in [3.63, 3.8) is 0 Å². The molecule has 3 aromatic rings. The first-order valence-corrected chi connectivity index (χ1v) is 12.5. The van der Waals surface area contributed by atoms with Gasteiger partial charge in [-0.3, -0.25) is 4.79 Å². The van der Waals surface area contributed by atoms with Gasteiger partial charge in [0.25, 0.3) is 6.43 Å². The van der Waals surface area contributed by atoms with Crippen LogP contribution in [0.4, 0.5) is 13.2 Å². The van der Waals surface area contributed by atoms with Crippen LogP contribution in [0.2, 0.25) is 5.02 Å². The van der Waals surface area contributed by atoms with Gasteiger partial charge in [-0.2, -0.15) is 4.73 Å². The van der Waals surface area contributed by atoms with E-state index in [0.29, 0.717) is 35.1 Å². The van der Waals surface area contributed by atoms with E-state index < -0.39 is 34.9 Å². The van der Waals surface area contributed by atoms with E-state index in [1.165, 1.54) is 12.1 Å². The number of alkyl halides is 2. The number of carbonyl (C=O) groups excluding carboxylic acids is 1. The zero-order valence-electron chi connectivity index (χ0n) is 20.6. The number of rotatable bonds is 9. The lowest BCUT2D eigenvalue weighted by molar-refractivity contribution is -0.614. The third-order valence-corrected chi connectivity index (χ3v) is 7.32. The topological polar surface area (TPSA) is 84.5 Å². The summed E-state index contributed by atoms with van der Waals surface area (Å²) in [7, 11) is 0. The number of pyridine rings is 1. The Morgan fingerprint density at radius 2 is 1.84 bits per heavy atom. The van der Waals surface area contributed by atoms with Crippen molar-refractivity contribution >= 4 is 23.1 Å². The number of benzene rings is 2. The van der Waals surface area contributed by atoms with E-state index in [9.17, 15) is 33.4 Å². The zero-order valence-corrected chi connectivity index (χ0v) is 21.4. The normalized spacial score (nSPS) is 19.7. The number of aliphatic hydroxyl groups excluding tert-OH is 1. The summed E-state index contributed by atoms with van der Waals surface area (Å²) in [6.45, 7) is 5.17. The molecule has 5 nitrogen and oxygen atoms in total. The Morgan fingerprint density at radius 3 is 2.39 bits per heavy atom. The van der Waals surface area contributed by atoms with E-state index in [-0.39, 0.29) is 40.2 Å². The van der Waals surface area contributed by atoms with Crippen LogP contribution in [0.15, 0.2) is 61.3 Å². The number of nitrogens with zero attached hydrogens (tertiary/aromatic N) is 1. The molecule has 4 rings (SSSR count). The Bertz CT molecular complexity index is 1370. The average Bonchev–Trinajstić information content (AvgIpc) is 2.83. The number of hydrogen-bond acceptors (Lipinski definition) is 4. The van der Waals surface area contributed by atoms with Crippen LogP contribution in [0, 0.1) is 16.9 Å². The number of carbonyl (C=O) groups is 1.